The highest BCUT2D eigenvalue weighted by Crippen LogP contribution is 2.30. The number of thiazole rings is 1. The Hall–Kier alpha value is -3.80. The molecule has 1 atom stereocenters. The van der Waals surface area contributed by atoms with Crippen LogP contribution in [0.1, 0.15) is 43.7 Å². The molecule has 0 spiro atoms. The average molecular weight is 460 g/mol. The first kappa shape index (κ1) is 21.4. The summed E-state index contributed by atoms with van der Waals surface area (Å²) in [6.45, 7) is 1.71. The summed E-state index contributed by atoms with van der Waals surface area (Å²) in [4.78, 5) is 40.4. The maximum Gasteiger partial charge on any atom is 0.416 e. The monoisotopic (exact) mass is 460 g/mol. The minimum atomic E-state index is -4.45. The third-order valence-electron chi connectivity index (χ3n) is 4.50. The van der Waals surface area contributed by atoms with Crippen LogP contribution < -0.4 is 10.6 Å². The third-order valence-corrected chi connectivity index (χ3v) is 5.68. The molecule has 0 radical (unpaired) electrons. The van der Waals surface area contributed by atoms with Crippen LogP contribution in [0.3, 0.4) is 0 Å². The van der Waals surface area contributed by atoms with Crippen molar-refractivity contribution >= 4 is 39.9 Å². The summed E-state index contributed by atoms with van der Waals surface area (Å²) < 4.78 is 38.0. The fourth-order valence-electron chi connectivity index (χ4n) is 2.91. The van der Waals surface area contributed by atoms with Gasteiger partial charge in [-0.05, 0) is 37.3 Å². The second-order valence-corrected chi connectivity index (χ2v) is 7.81. The van der Waals surface area contributed by atoms with E-state index in [9.17, 15) is 22.8 Å². The normalized spacial score (nSPS) is 12.5. The quantitative estimate of drug-likeness (QED) is 0.414. The van der Waals surface area contributed by atoms with Crippen LogP contribution in [0.4, 0.5) is 18.9 Å². The number of rotatable bonds is 5. The van der Waals surface area contributed by atoms with Crippen LogP contribution in [0.25, 0.3) is 11.0 Å². The minimum Gasteiger partial charge on any atom is -0.346 e. The van der Waals surface area contributed by atoms with E-state index in [-0.39, 0.29) is 16.3 Å². The summed E-state index contributed by atoms with van der Waals surface area (Å²) in [6.07, 6.45) is -0.168. The van der Waals surface area contributed by atoms with Crippen LogP contribution >= 0.6 is 11.3 Å². The number of hydrogen-bond acceptors (Lipinski definition) is 6. The van der Waals surface area contributed by atoms with Crippen molar-refractivity contribution in [3.8, 4) is 0 Å². The largest absolute Gasteiger partial charge is 0.416 e. The molecule has 0 saturated heterocycles. The molecular formula is C20H15F3N6O2S. The van der Waals surface area contributed by atoms with Crippen molar-refractivity contribution in [2.75, 3.05) is 5.32 Å². The number of carbonyl (C=O) groups excluding carboxylic acids is 2. The lowest BCUT2D eigenvalue weighted by Crippen LogP contribution is -2.27. The first-order valence-corrected chi connectivity index (χ1v) is 10.1. The Labute approximate surface area is 182 Å². The number of anilines is 1. The predicted molar refractivity (Wildman–Crippen MR) is 111 cm³/mol. The van der Waals surface area contributed by atoms with Gasteiger partial charge in [-0.3, -0.25) is 9.59 Å². The van der Waals surface area contributed by atoms with Crippen molar-refractivity contribution in [1.82, 2.24) is 25.3 Å². The number of hydrogen-bond donors (Lipinski definition) is 3. The van der Waals surface area contributed by atoms with Gasteiger partial charge >= 0.3 is 6.18 Å². The van der Waals surface area contributed by atoms with Gasteiger partial charge in [-0.25, -0.2) is 15.0 Å². The molecule has 3 aromatic heterocycles. The zero-order chi connectivity index (χ0) is 22.9. The van der Waals surface area contributed by atoms with Gasteiger partial charge in [0.25, 0.3) is 11.8 Å². The lowest BCUT2D eigenvalue weighted by Gasteiger charge is -2.11. The molecule has 0 saturated carbocycles. The lowest BCUT2D eigenvalue weighted by molar-refractivity contribution is -0.137. The fraction of sp³-hybridized carbons (Fsp3) is 0.150. The van der Waals surface area contributed by atoms with E-state index < -0.39 is 29.6 Å². The second-order valence-electron chi connectivity index (χ2n) is 6.75. The molecule has 3 N–H and O–H groups in total. The molecule has 4 rings (SSSR count). The van der Waals surface area contributed by atoms with Gasteiger partial charge in [0.05, 0.1) is 23.2 Å². The Balaban J connectivity index is 1.42. The zero-order valence-electron chi connectivity index (χ0n) is 16.4. The SMILES string of the molecule is CC(NC(=O)c1ncnc2[nH]ccc12)c1ncc(C(=O)Nc2ccc(C(F)(F)F)cc2)s1. The van der Waals surface area contributed by atoms with Gasteiger partial charge in [-0.1, -0.05) is 0 Å². The number of alkyl halides is 3. The Kier molecular flexibility index (Phi) is 5.61. The second kappa shape index (κ2) is 8.38. The fourth-order valence-corrected chi connectivity index (χ4v) is 3.72. The Morgan fingerprint density at radius 1 is 1.06 bits per heavy atom. The zero-order valence-corrected chi connectivity index (χ0v) is 17.2. The van der Waals surface area contributed by atoms with Gasteiger partial charge in [-0.2, -0.15) is 13.2 Å². The average Bonchev–Trinajstić information content (AvgIpc) is 3.43. The number of fused-ring (bicyclic) bond motifs is 1. The molecule has 8 nitrogen and oxygen atoms in total. The van der Waals surface area contributed by atoms with E-state index in [0.29, 0.717) is 16.0 Å². The van der Waals surface area contributed by atoms with Crippen LogP contribution in [-0.4, -0.2) is 31.8 Å². The predicted octanol–water partition coefficient (Wildman–Crippen LogP) is 4.18. The van der Waals surface area contributed by atoms with Crippen molar-refractivity contribution < 1.29 is 22.8 Å². The summed E-state index contributed by atoms with van der Waals surface area (Å²) in [5.41, 5.74) is 0.161. The van der Waals surface area contributed by atoms with Crippen LogP contribution in [0.5, 0.6) is 0 Å². The van der Waals surface area contributed by atoms with Crippen LogP contribution in [0.15, 0.2) is 49.1 Å². The van der Waals surface area contributed by atoms with Crippen LogP contribution in [-0.2, 0) is 6.18 Å². The van der Waals surface area contributed by atoms with Crippen molar-refractivity contribution in [3.63, 3.8) is 0 Å². The molecule has 0 aliphatic rings. The number of aromatic amines is 1. The molecule has 0 aliphatic heterocycles. The highest BCUT2D eigenvalue weighted by atomic mass is 32.1. The summed E-state index contributed by atoms with van der Waals surface area (Å²) >= 11 is 1.06. The number of halogens is 3. The van der Waals surface area contributed by atoms with E-state index in [1.165, 1.54) is 24.7 Å². The molecular weight excluding hydrogens is 445 g/mol. The van der Waals surface area contributed by atoms with E-state index in [1.54, 1.807) is 19.2 Å². The lowest BCUT2D eigenvalue weighted by atomic mass is 10.2. The number of nitrogens with zero attached hydrogens (tertiary/aromatic N) is 3. The summed E-state index contributed by atoms with van der Waals surface area (Å²) in [7, 11) is 0. The van der Waals surface area contributed by atoms with E-state index in [1.807, 2.05) is 0 Å². The highest BCUT2D eigenvalue weighted by Gasteiger charge is 2.30. The number of benzene rings is 1. The number of amides is 2. The topological polar surface area (TPSA) is 113 Å². The van der Waals surface area contributed by atoms with Crippen molar-refractivity contribution in [2.24, 2.45) is 0 Å². The number of nitrogens with one attached hydrogen (secondary N) is 3. The number of aromatic nitrogens is 4. The Morgan fingerprint density at radius 3 is 2.53 bits per heavy atom. The van der Waals surface area contributed by atoms with Gasteiger partial charge in [0.15, 0.2) is 0 Å². The molecule has 4 aromatic rings. The molecule has 1 aromatic carbocycles. The summed E-state index contributed by atoms with van der Waals surface area (Å²) in [5, 5.41) is 6.37. The van der Waals surface area contributed by atoms with Crippen LogP contribution in [0, 0.1) is 0 Å². The van der Waals surface area contributed by atoms with Crippen molar-refractivity contribution in [1.29, 1.82) is 0 Å². The number of carbonyl (C=O) groups is 2. The van der Waals surface area contributed by atoms with Gasteiger partial charge in [0.2, 0.25) is 0 Å². The Morgan fingerprint density at radius 2 is 1.81 bits per heavy atom. The molecule has 2 amide bonds. The molecule has 0 aliphatic carbocycles. The van der Waals surface area contributed by atoms with E-state index >= 15 is 0 Å². The van der Waals surface area contributed by atoms with E-state index in [4.69, 9.17) is 0 Å². The van der Waals surface area contributed by atoms with Crippen LogP contribution in [0.2, 0.25) is 0 Å². The van der Waals surface area contributed by atoms with Crippen molar-refractivity contribution in [3.05, 3.63) is 70.2 Å². The molecule has 32 heavy (non-hydrogen) atoms. The maximum atomic E-state index is 12.7. The molecule has 1 unspecified atom stereocenters. The first-order valence-electron chi connectivity index (χ1n) is 9.25. The molecule has 0 fully saturated rings. The van der Waals surface area contributed by atoms with Gasteiger partial charge < -0.3 is 15.6 Å². The minimum absolute atomic E-state index is 0.208. The summed E-state index contributed by atoms with van der Waals surface area (Å²) in [6, 6.07) is 5.32. The maximum absolute atomic E-state index is 12.7. The summed E-state index contributed by atoms with van der Waals surface area (Å²) in [5.74, 6) is -0.938. The first-order chi connectivity index (χ1) is 15.2. The van der Waals surface area contributed by atoms with E-state index in [2.05, 4.69) is 30.6 Å². The van der Waals surface area contributed by atoms with Gasteiger partial charge in [0, 0.05) is 11.9 Å². The smallest absolute Gasteiger partial charge is 0.346 e. The molecule has 12 heteroatoms. The highest BCUT2D eigenvalue weighted by molar-refractivity contribution is 7.13. The third kappa shape index (κ3) is 4.44. The van der Waals surface area contributed by atoms with Gasteiger partial charge in [-0.15, -0.1) is 11.3 Å². The molecule has 0 bridgehead atoms. The van der Waals surface area contributed by atoms with E-state index in [0.717, 1.165) is 23.5 Å². The standard InChI is InChI=1S/C20H15F3N6O2S/c1-10(28-18(31)15-13-6-7-24-16(13)27-9-26-15)19-25-8-14(32-19)17(30)29-12-4-2-11(3-5-12)20(21,22)23/h2-10H,1H3,(H,28,31)(H,29,30)(H,24,26,27). The Bertz CT molecular complexity index is 1280. The number of H-pyrrole nitrogens is 1. The molecule has 164 valence electrons. The van der Waals surface area contributed by atoms with Gasteiger partial charge in [0.1, 0.15) is 27.6 Å². The molecule has 3 heterocycles. The van der Waals surface area contributed by atoms with Crippen molar-refractivity contribution in [2.45, 2.75) is 19.1 Å².